The molecule has 9 heteroatoms. The zero-order chi connectivity index (χ0) is 16.3. The number of rotatable bonds is 2. The van der Waals surface area contributed by atoms with E-state index in [0.717, 1.165) is 19.3 Å². The number of halogens is 2. The van der Waals surface area contributed by atoms with Crippen molar-refractivity contribution in [2.75, 3.05) is 23.8 Å². The number of nitrogens with two attached hydrogens (primary N) is 2. The van der Waals surface area contributed by atoms with Gasteiger partial charge in [-0.15, -0.1) is 12.4 Å². The zero-order valence-electron chi connectivity index (χ0n) is 12.9. The maximum atomic E-state index is 14.5. The van der Waals surface area contributed by atoms with Crippen molar-refractivity contribution in [2.24, 2.45) is 5.73 Å². The largest absolute Gasteiger partial charge is 0.367 e. The van der Waals surface area contributed by atoms with Crippen LogP contribution in [0.3, 0.4) is 0 Å². The molecule has 1 saturated carbocycles. The van der Waals surface area contributed by atoms with Crippen LogP contribution in [0.15, 0.2) is 21.7 Å². The van der Waals surface area contributed by atoms with E-state index in [9.17, 15) is 14.0 Å². The Bertz CT molecular complexity index is 921. The lowest BCUT2D eigenvalue weighted by molar-refractivity contribution is 0.620. The fraction of sp³-hybridized carbons (Fsp3) is 0.467. The van der Waals surface area contributed by atoms with Gasteiger partial charge < -0.3 is 16.5 Å². The van der Waals surface area contributed by atoms with Gasteiger partial charge >= 0.3 is 5.69 Å². The minimum Gasteiger partial charge on any atom is -0.367 e. The van der Waals surface area contributed by atoms with E-state index in [1.807, 2.05) is 4.90 Å². The Hall–Kier alpha value is -2.06. The van der Waals surface area contributed by atoms with E-state index in [1.165, 1.54) is 10.6 Å². The van der Waals surface area contributed by atoms with Crippen LogP contribution in [0.25, 0.3) is 10.9 Å². The van der Waals surface area contributed by atoms with Crippen LogP contribution in [0.2, 0.25) is 0 Å². The van der Waals surface area contributed by atoms with Crippen molar-refractivity contribution in [2.45, 2.75) is 31.3 Å². The summed E-state index contributed by atoms with van der Waals surface area (Å²) in [6, 6.07) is 2.80. The number of hydrogen-bond donors (Lipinski definition) is 2. The fourth-order valence-corrected chi connectivity index (χ4v) is 3.29. The highest BCUT2D eigenvalue weighted by Crippen LogP contribution is 2.36. The third-order valence-electron chi connectivity index (χ3n) is 4.66. The molecule has 0 radical (unpaired) electrons. The normalized spacial score (nSPS) is 20.4. The summed E-state index contributed by atoms with van der Waals surface area (Å²) in [6.07, 6.45) is 2.50. The minimum atomic E-state index is -0.675. The molecule has 2 aliphatic rings. The van der Waals surface area contributed by atoms with E-state index in [0.29, 0.717) is 29.0 Å². The van der Waals surface area contributed by atoms with E-state index >= 15 is 0 Å². The van der Waals surface area contributed by atoms with Crippen LogP contribution in [0.5, 0.6) is 0 Å². The molecule has 4 N–H and O–H groups in total. The number of fused-ring (bicyclic) bond motifs is 1. The van der Waals surface area contributed by atoms with Crippen molar-refractivity contribution in [1.29, 1.82) is 0 Å². The lowest BCUT2D eigenvalue weighted by atomic mass is 10.2. The van der Waals surface area contributed by atoms with Gasteiger partial charge in [0.2, 0.25) is 0 Å². The summed E-state index contributed by atoms with van der Waals surface area (Å²) in [7, 11) is 0. The number of anilines is 1. The molecule has 2 aromatic rings. The molecule has 4 rings (SSSR count). The molecule has 7 nitrogen and oxygen atoms in total. The van der Waals surface area contributed by atoms with Crippen molar-refractivity contribution in [3.05, 3.63) is 38.8 Å². The van der Waals surface area contributed by atoms with Gasteiger partial charge in [-0.2, -0.15) is 4.68 Å². The Morgan fingerprint density at radius 3 is 2.46 bits per heavy atom. The number of nitrogen functional groups attached to an aromatic ring is 1. The highest BCUT2D eigenvalue weighted by Gasteiger charge is 2.30. The number of hydrogen-bond acceptors (Lipinski definition) is 5. The van der Waals surface area contributed by atoms with Gasteiger partial charge in [0.25, 0.3) is 5.56 Å². The summed E-state index contributed by atoms with van der Waals surface area (Å²) in [4.78, 5) is 26.4. The van der Waals surface area contributed by atoms with E-state index in [-0.39, 0.29) is 29.9 Å². The molecule has 0 bridgehead atoms. The van der Waals surface area contributed by atoms with Crippen LogP contribution in [0.1, 0.15) is 25.3 Å². The zero-order valence-corrected chi connectivity index (χ0v) is 13.8. The third-order valence-corrected chi connectivity index (χ3v) is 4.66. The molecular formula is C15H19ClFN5O2. The summed E-state index contributed by atoms with van der Waals surface area (Å²) in [5.74, 6) is 5.07. The predicted molar refractivity (Wildman–Crippen MR) is 92.9 cm³/mol. The van der Waals surface area contributed by atoms with Gasteiger partial charge in [0.1, 0.15) is 5.82 Å². The van der Waals surface area contributed by atoms with Crippen LogP contribution < -0.4 is 27.7 Å². The molecule has 2 fully saturated rings. The highest BCUT2D eigenvalue weighted by atomic mass is 35.5. The van der Waals surface area contributed by atoms with Gasteiger partial charge in [-0.1, -0.05) is 0 Å². The van der Waals surface area contributed by atoms with Crippen molar-refractivity contribution < 1.29 is 4.39 Å². The minimum absolute atomic E-state index is 0. The molecule has 130 valence electrons. The maximum absolute atomic E-state index is 14.5. The highest BCUT2D eigenvalue weighted by molar-refractivity contribution is 5.85. The van der Waals surface area contributed by atoms with Crippen LogP contribution in [0, 0.1) is 5.82 Å². The second-order valence-electron chi connectivity index (χ2n) is 6.37. The van der Waals surface area contributed by atoms with Gasteiger partial charge in [-0.3, -0.25) is 9.36 Å². The first-order valence-electron chi connectivity index (χ1n) is 7.74. The Labute approximate surface area is 143 Å². The molecule has 0 amide bonds. The van der Waals surface area contributed by atoms with Crippen LogP contribution in [-0.2, 0) is 0 Å². The lowest BCUT2D eigenvalue weighted by Crippen LogP contribution is -2.44. The molecule has 24 heavy (non-hydrogen) atoms. The van der Waals surface area contributed by atoms with Crippen LogP contribution >= 0.6 is 12.4 Å². The standard InChI is InChI=1S/C15H18FN5O2.ClH/c16-11-5-10-12(6-13(11)19-4-3-8(17)7-19)20(9-1-2-9)15(23)21(18)14(10)22;/h5-6,8-9H,1-4,7,17-18H2;1H/t8-;/m0./s1. The van der Waals surface area contributed by atoms with E-state index < -0.39 is 17.1 Å². The van der Waals surface area contributed by atoms with E-state index in [2.05, 4.69) is 0 Å². The van der Waals surface area contributed by atoms with E-state index in [4.69, 9.17) is 11.6 Å². The topological polar surface area (TPSA) is 99.3 Å². The number of benzene rings is 1. The first kappa shape index (κ1) is 16.8. The Balaban J connectivity index is 0.00000169. The smallest absolute Gasteiger partial charge is 0.350 e. The maximum Gasteiger partial charge on any atom is 0.350 e. The quantitative estimate of drug-likeness (QED) is 0.755. The van der Waals surface area contributed by atoms with Crippen molar-refractivity contribution in [3.63, 3.8) is 0 Å². The average molecular weight is 356 g/mol. The van der Waals surface area contributed by atoms with Gasteiger partial charge in [-0.05, 0) is 31.4 Å². The number of aromatic nitrogens is 2. The molecule has 1 aromatic heterocycles. The lowest BCUT2D eigenvalue weighted by Gasteiger charge is -2.20. The summed E-state index contributed by atoms with van der Waals surface area (Å²) >= 11 is 0. The molecule has 1 aliphatic carbocycles. The van der Waals surface area contributed by atoms with Crippen molar-refractivity contribution in [1.82, 2.24) is 9.24 Å². The molecule has 1 aromatic carbocycles. The van der Waals surface area contributed by atoms with Crippen molar-refractivity contribution >= 4 is 29.0 Å². The second-order valence-corrected chi connectivity index (χ2v) is 6.37. The first-order chi connectivity index (χ1) is 11.0. The molecule has 0 unspecified atom stereocenters. The van der Waals surface area contributed by atoms with Crippen LogP contribution in [0.4, 0.5) is 10.1 Å². The average Bonchev–Trinajstić information content (AvgIpc) is 3.26. The molecule has 1 saturated heterocycles. The number of nitrogens with zero attached hydrogens (tertiary/aromatic N) is 3. The van der Waals surface area contributed by atoms with E-state index in [1.54, 1.807) is 6.07 Å². The summed E-state index contributed by atoms with van der Waals surface area (Å²) in [5.41, 5.74) is 5.49. The Morgan fingerprint density at radius 1 is 1.17 bits per heavy atom. The molecule has 0 spiro atoms. The molecular weight excluding hydrogens is 337 g/mol. The van der Waals surface area contributed by atoms with Gasteiger partial charge in [0.05, 0.1) is 16.6 Å². The Morgan fingerprint density at radius 2 is 1.88 bits per heavy atom. The summed E-state index contributed by atoms with van der Waals surface area (Å²) in [5, 5.41) is 0.128. The SMILES string of the molecule is Cl.N[C@H]1CCN(c2cc3c(cc2F)c(=O)n(N)c(=O)n3C2CC2)C1. The molecule has 2 heterocycles. The van der Waals surface area contributed by atoms with Crippen molar-refractivity contribution in [3.8, 4) is 0 Å². The third kappa shape index (κ3) is 2.46. The summed E-state index contributed by atoms with van der Waals surface area (Å²) < 4.78 is 16.6. The van der Waals surface area contributed by atoms with Gasteiger partial charge in [0, 0.05) is 25.2 Å². The fourth-order valence-electron chi connectivity index (χ4n) is 3.29. The van der Waals surface area contributed by atoms with Gasteiger partial charge in [-0.25, -0.2) is 9.18 Å². The molecule has 1 aliphatic heterocycles. The monoisotopic (exact) mass is 355 g/mol. The Kier molecular flexibility index (Phi) is 4.05. The van der Waals surface area contributed by atoms with Crippen LogP contribution in [-0.4, -0.2) is 28.4 Å². The van der Waals surface area contributed by atoms with Gasteiger partial charge in [0.15, 0.2) is 0 Å². The second kappa shape index (κ2) is 5.78. The summed E-state index contributed by atoms with van der Waals surface area (Å²) in [6.45, 7) is 1.22. The molecule has 1 atom stereocenters. The predicted octanol–water partition coefficient (Wildman–Crippen LogP) is 0.310. The first-order valence-corrected chi connectivity index (χ1v) is 7.74.